The second kappa shape index (κ2) is 7.31. The second-order valence-corrected chi connectivity index (χ2v) is 7.00. The van der Waals surface area contributed by atoms with Crippen LogP contribution in [-0.2, 0) is 4.74 Å². The van der Waals surface area contributed by atoms with E-state index in [0.717, 1.165) is 37.4 Å². The fourth-order valence-electron chi connectivity index (χ4n) is 2.99. The van der Waals surface area contributed by atoms with Crippen molar-refractivity contribution >= 4 is 23.6 Å². The van der Waals surface area contributed by atoms with Gasteiger partial charge in [-0.3, -0.25) is 4.79 Å². The molecule has 0 aromatic carbocycles. The normalized spacial score (nSPS) is 23.8. The SMILES string of the molecule is O=C(O)c1ccc(C(=O)N(C[C@H]2CCCO2)[C@@H]2CCSC2)cn1. The molecule has 1 aromatic rings. The van der Waals surface area contributed by atoms with Gasteiger partial charge in [0.2, 0.25) is 0 Å². The van der Waals surface area contributed by atoms with E-state index in [2.05, 4.69) is 4.98 Å². The van der Waals surface area contributed by atoms with Gasteiger partial charge in [-0.25, -0.2) is 9.78 Å². The van der Waals surface area contributed by atoms with Gasteiger partial charge >= 0.3 is 5.97 Å². The Morgan fingerprint density at radius 1 is 1.39 bits per heavy atom. The van der Waals surface area contributed by atoms with Gasteiger partial charge in [-0.2, -0.15) is 11.8 Å². The number of hydrogen-bond acceptors (Lipinski definition) is 5. The number of pyridine rings is 1. The standard InChI is InChI=1S/C16H20N2O4S/c19-15(11-3-4-14(16(20)21)17-8-11)18(12-5-7-23-10-12)9-13-2-1-6-22-13/h3-4,8,12-13H,1-2,5-7,9-10H2,(H,20,21)/t12-,13-/m1/s1. The van der Waals surface area contributed by atoms with Crippen LogP contribution in [0.2, 0.25) is 0 Å². The van der Waals surface area contributed by atoms with Crippen LogP contribution in [0.1, 0.15) is 40.1 Å². The molecule has 1 N–H and O–H groups in total. The number of carboxylic acids is 1. The van der Waals surface area contributed by atoms with Gasteiger partial charge in [0.1, 0.15) is 5.69 Å². The third kappa shape index (κ3) is 3.84. The van der Waals surface area contributed by atoms with E-state index in [1.165, 1.54) is 12.3 Å². The van der Waals surface area contributed by atoms with Crippen molar-refractivity contribution in [1.82, 2.24) is 9.88 Å². The van der Waals surface area contributed by atoms with E-state index in [-0.39, 0.29) is 23.7 Å². The van der Waals surface area contributed by atoms with E-state index in [4.69, 9.17) is 9.84 Å². The number of aromatic nitrogens is 1. The van der Waals surface area contributed by atoms with E-state index in [0.29, 0.717) is 12.1 Å². The number of carboxylic acid groups (broad SMARTS) is 1. The molecular weight excluding hydrogens is 316 g/mol. The summed E-state index contributed by atoms with van der Waals surface area (Å²) in [5.41, 5.74) is 0.383. The summed E-state index contributed by atoms with van der Waals surface area (Å²) in [5, 5.41) is 8.91. The predicted octanol–water partition coefficient (Wildman–Crippen LogP) is 1.91. The summed E-state index contributed by atoms with van der Waals surface area (Å²) in [6, 6.07) is 3.14. The maximum atomic E-state index is 12.9. The van der Waals surface area contributed by atoms with Crippen LogP contribution in [0.4, 0.5) is 0 Å². The van der Waals surface area contributed by atoms with Gasteiger partial charge < -0.3 is 14.7 Å². The Labute approximate surface area is 139 Å². The van der Waals surface area contributed by atoms with Gasteiger partial charge in [-0.15, -0.1) is 0 Å². The highest BCUT2D eigenvalue weighted by molar-refractivity contribution is 7.99. The largest absolute Gasteiger partial charge is 0.477 e. The molecule has 1 amide bonds. The molecule has 0 radical (unpaired) electrons. The van der Waals surface area contributed by atoms with Crippen LogP contribution in [0.3, 0.4) is 0 Å². The van der Waals surface area contributed by atoms with E-state index in [1.54, 1.807) is 6.07 Å². The molecule has 2 saturated heterocycles. The van der Waals surface area contributed by atoms with Gasteiger partial charge in [0, 0.05) is 31.1 Å². The number of nitrogens with zero attached hydrogens (tertiary/aromatic N) is 2. The fourth-order valence-corrected chi connectivity index (χ4v) is 4.21. The minimum absolute atomic E-state index is 0.0522. The second-order valence-electron chi connectivity index (χ2n) is 5.85. The number of carbonyl (C=O) groups excluding carboxylic acids is 1. The third-order valence-electron chi connectivity index (χ3n) is 4.26. The van der Waals surface area contributed by atoms with Crippen LogP contribution in [0, 0.1) is 0 Å². The Kier molecular flexibility index (Phi) is 5.17. The zero-order valence-electron chi connectivity index (χ0n) is 12.8. The quantitative estimate of drug-likeness (QED) is 0.885. The number of carbonyl (C=O) groups is 2. The van der Waals surface area contributed by atoms with Gasteiger partial charge in [0.15, 0.2) is 0 Å². The summed E-state index contributed by atoms with van der Waals surface area (Å²) in [4.78, 5) is 29.5. The highest BCUT2D eigenvalue weighted by atomic mass is 32.2. The molecule has 23 heavy (non-hydrogen) atoms. The van der Waals surface area contributed by atoms with Gasteiger partial charge in [-0.1, -0.05) is 0 Å². The summed E-state index contributed by atoms with van der Waals surface area (Å²) in [6.45, 7) is 1.37. The average Bonchev–Trinajstić information content (AvgIpc) is 3.25. The van der Waals surface area contributed by atoms with Crippen molar-refractivity contribution in [3.05, 3.63) is 29.6 Å². The number of rotatable bonds is 5. The molecular formula is C16H20N2O4S. The monoisotopic (exact) mass is 336 g/mol. The zero-order valence-corrected chi connectivity index (χ0v) is 13.6. The summed E-state index contributed by atoms with van der Waals surface area (Å²) in [6.07, 6.45) is 4.48. The first-order chi connectivity index (χ1) is 11.1. The van der Waals surface area contributed by atoms with Crippen LogP contribution < -0.4 is 0 Å². The molecule has 6 nitrogen and oxygen atoms in total. The Hall–Kier alpha value is -1.60. The molecule has 1 aromatic heterocycles. The molecule has 124 valence electrons. The maximum absolute atomic E-state index is 12.9. The smallest absolute Gasteiger partial charge is 0.354 e. The minimum Gasteiger partial charge on any atom is -0.477 e. The summed E-state index contributed by atoms with van der Waals surface area (Å²) < 4.78 is 5.69. The van der Waals surface area contributed by atoms with Gasteiger partial charge in [0.05, 0.1) is 11.7 Å². The van der Waals surface area contributed by atoms with Crippen molar-refractivity contribution in [3.8, 4) is 0 Å². The Morgan fingerprint density at radius 3 is 2.83 bits per heavy atom. The van der Waals surface area contributed by atoms with Crippen LogP contribution in [0.15, 0.2) is 18.3 Å². The van der Waals surface area contributed by atoms with Crippen molar-refractivity contribution in [3.63, 3.8) is 0 Å². The lowest BCUT2D eigenvalue weighted by molar-refractivity contribution is 0.0441. The lowest BCUT2D eigenvalue weighted by Crippen LogP contribution is -2.44. The molecule has 2 aliphatic rings. The maximum Gasteiger partial charge on any atom is 0.354 e. The lowest BCUT2D eigenvalue weighted by atomic mass is 10.1. The third-order valence-corrected chi connectivity index (χ3v) is 5.41. The first-order valence-corrected chi connectivity index (χ1v) is 9.00. The number of aromatic carboxylic acids is 1. The Balaban J connectivity index is 1.76. The molecule has 7 heteroatoms. The molecule has 0 aliphatic carbocycles. The Bertz CT molecular complexity index is 566. The summed E-state index contributed by atoms with van der Waals surface area (Å²) in [5.74, 6) is 0.833. The van der Waals surface area contributed by atoms with Gasteiger partial charge in [0.25, 0.3) is 5.91 Å². The summed E-state index contributed by atoms with van der Waals surface area (Å²) in [7, 11) is 0. The molecule has 2 aliphatic heterocycles. The van der Waals surface area contributed by atoms with Crippen molar-refractivity contribution in [1.29, 1.82) is 0 Å². The molecule has 3 heterocycles. The van der Waals surface area contributed by atoms with Crippen molar-refractivity contribution in [2.75, 3.05) is 24.7 Å². The minimum atomic E-state index is -1.09. The molecule has 2 atom stereocenters. The predicted molar refractivity (Wildman–Crippen MR) is 86.9 cm³/mol. The first kappa shape index (κ1) is 16.3. The van der Waals surface area contributed by atoms with Crippen molar-refractivity contribution < 1.29 is 19.4 Å². The van der Waals surface area contributed by atoms with E-state index in [9.17, 15) is 9.59 Å². The molecule has 3 rings (SSSR count). The van der Waals surface area contributed by atoms with E-state index < -0.39 is 5.97 Å². The number of thioether (sulfide) groups is 1. The first-order valence-electron chi connectivity index (χ1n) is 7.85. The zero-order chi connectivity index (χ0) is 16.2. The number of ether oxygens (including phenoxy) is 1. The van der Waals surface area contributed by atoms with E-state index >= 15 is 0 Å². The molecule has 0 bridgehead atoms. The topological polar surface area (TPSA) is 79.7 Å². The van der Waals surface area contributed by atoms with Crippen molar-refractivity contribution in [2.24, 2.45) is 0 Å². The highest BCUT2D eigenvalue weighted by Crippen LogP contribution is 2.25. The number of hydrogen-bond donors (Lipinski definition) is 1. The summed E-state index contributed by atoms with van der Waals surface area (Å²) >= 11 is 1.86. The fraction of sp³-hybridized carbons (Fsp3) is 0.562. The van der Waals surface area contributed by atoms with Crippen LogP contribution in [0.5, 0.6) is 0 Å². The average molecular weight is 336 g/mol. The lowest BCUT2D eigenvalue weighted by Gasteiger charge is -2.30. The van der Waals surface area contributed by atoms with Crippen LogP contribution in [0.25, 0.3) is 0 Å². The molecule has 2 fully saturated rings. The van der Waals surface area contributed by atoms with E-state index in [1.807, 2.05) is 16.7 Å². The molecule has 0 unspecified atom stereocenters. The molecule has 0 spiro atoms. The van der Waals surface area contributed by atoms with Crippen LogP contribution in [-0.4, -0.2) is 63.7 Å². The van der Waals surface area contributed by atoms with Gasteiger partial charge in [-0.05, 0) is 37.1 Å². The van der Waals surface area contributed by atoms with Crippen molar-refractivity contribution in [2.45, 2.75) is 31.4 Å². The van der Waals surface area contributed by atoms with Crippen LogP contribution >= 0.6 is 11.8 Å². The highest BCUT2D eigenvalue weighted by Gasteiger charge is 2.31. The number of amides is 1. The Morgan fingerprint density at radius 2 is 2.26 bits per heavy atom. The molecule has 0 saturated carbocycles.